The largest absolute Gasteiger partial charge is 0.377 e. The van der Waals surface area contributed by atoms with Crippen molar-refractivity contribution in [3.8, 4) is 0 Å². The molecular formula is C12H23ClN2O2. The van der Waals surface area contributed by atoms with Gasteiger partial charge in [-0.05, 0) is 19.4 Å². The van der Waals surface area contributed by atoms with E-state index in [1.54, 1.807) is 6.08 Å². The molecule has 1 aliphatic heterocycles. The van der Waals surface area contributed by atoms with Crippen molar-refractivity contribution < 1.29 is 9.53 Å². The zero-order chi connectivity index (χ0) is 11.8. The molecule has 1 rings (SSSR count). The number of nitrogens with zero attached hydrogens (tertiary/aromatic N) is 1. The maximum Gasteiger partial charge on any atom is 0.222 e. The van der Waals surface area contributed by atoms with Gasteiger partial charge in [-0.2, -0.15) is 0 Å². The van der Waals surface area contributed by atoms with Crippen LogP contribution in [0.4, 0.5) is 0 Å². The number of nitrogens with one attached hydrogen (secondary N) is 1. The van der Waals surface area contributed by atoms with Gasteiger partial charge in [-0.25, -0.2) is 0 Å². The minimum Gasteiger partial charge on any atom is -0.377 e. The van der Waals surface area contributed by atoms with Crippen LogP contribution in [-0.4, -0.2) is 50.2 Å². The summed E-state index contributed by atoms with van der Waals surface area (Å²) < 4.78 is 5.24. The molecule has 0 bridgehead atoms. The molecule has 0 radical (unpaired) electrons. The van der Waals surface area contributed by atoms with Crippen LogP contribution in [0.5, 0.6) is 0 Å². The smallest absolute Gasteiger partial charge is 0.222 e. The zero-order valence-corrected chi connectivity index (χ0v) is 11.3. The van der Waals surface area contributed by atoms with Crippen LogP contribution in [0.1, 0.15) is 19.3 Å². The molecule has 0 saturated carbocycles. The Kier molecular flexibility index (Phi) is 9.13. The minimum absolute atomic E-state index is 0. The van der Waals surface area contributed by atoms with Crippen molar-refractivity contribution in [1.29, 1.82) is 0 Å². The normalized spacial score (nSPS) is 18.5. The molecule has 1 fully saturated rings. The highest BCUT2D eigenvalue weighted by atomic mass is 35.5. The number of carbonyl (C=O) groups excluding carboxylic acids is 1. The number of ether oxygens (including phenoxy) is 1. The molecule has 1 saturated heterocycles. The maximum absolute atomic E-state index is 11.8. The second-order valence-electron chi connectivity index (χ2n) is 4.12. The number of likely N-dealkylation sites (N-methyl/N-ethyl adjacent to an activating group) is 1. The van der Waals surface area contributed by atoms with E-state index in [0.717, 1.165) is 25.9 Å². The summed E-state index contributed by atoms with van der Waals surface area (Å²) in [6, 6.07) is 0.376. The third kappa shape index (κ3) is 6.05. The Morgan fingerprint density at radius 3 is 3.00 bits per heavy atom. The van der Waals surface area contributed by atoms with Crippen LogP contribution in [0.2, 0.25) is 0 Å². The summed E-state index contributed by atoms with van der Waals surface area (Å²) >= 11 is 0. The lowest BCUT2D eigenvalue weighted by Crippen LogP contribution is -2.38. The third-order valence-electron chi connectivity index (χ3n) is 2.89. The van der Waals surface area contributed by atoms with Crippen LogP contribution in [-0.2, 0) is 9.53 Å². The highest BCUT2D eigenvalue weighted by Gasteiger charge is 2.22. The lowest BCUT2D eigenvalue weighted by molar-refractivity contribution is -0.132. The molecule has 1 amide bonds. The first-order chi connectivity index (χ1) is 7.75. The van der Waals surface area contributed by atoms with E-state index in [0.29, 0.717) is 25.7 Å². The summed E-state index contributed by atoms with van der Waals surface area (Å²) in [7, 11) is 1.89. The van der Waals surface area contributed by atoms with Gasteiger partial charge in [-0.3, -0.25) is 4.79 Å². The van der Waals surface area contributed by atoms with Crippen LogP contribution in [0.3, 0.4) is 0 Å². The third-order valence-corrected chi connectivity index (χ3v) is 2.89. The Morgan fingerprint density at radius 2 is 2.41 bits per heavy atom. The highest BCUT2D eigenvalue weighted by molar-refractivity contribution is 5.85. The Balaban J connectivity index is 0.00000256. The first-order valence-corrected chi connectivity index (χ1v) is 5.90. The molecule has 1 aliphatic rings. The highest BCUT2D eigenvalue weighted by Crippen LogP contribution is 2.08. The predicted octanol–water partition coefficient (Wildman–Crippen LogP) is 1.21. The molecule has 5 heteroatoms. The fraction of sp³-hybridized carbons (Fsp3) is 0.750. The monoisotopic (exact) mass is 262 g/mol. The van der Waals surface area contributed by atoms with Crippen molar-refractivity contribution in [3.05, 3.63) is 12.7 Å². The molecule has 1 unspecified atom stereocenters. The number of hydrogen-bond donors (Lipinski definition) is 1. The van der Waals surface area contributed by atoms with E-state index in [9.17, 15) is 4.79 Å². The van der Waals surface area contributed by atoms with Gasteiger partial charge in [0.05, 0.1) is 6.61 Å². The van der Waals surface area contributed by atoms with Gasteiger partial charge in [0, 0.05) is 32.7 Å². The molecule has 1 heterocycles. The van der Waals surface area contributed by atoms with E-state index < -0.39 is 0 Å². The molecule has 100 valence electrons. The van der Waals surface area contributed by atoms with E-state index in [1.807, 2.05) is 11.9 Å². The molecule has 0 spiro atoms. The van der Waals surface area contributed by atoms with Crippen molar-refractivity contribution in [2.24, 2.45) is 0 Å². The second-order valence-corrected chi connectivity index (χ2v) is 4.12. The summed E-state index contributed by atoms with van der Waals surface area (Å²) in [6.07, 6.45) is 4.15. The molecule has 1 atom stereocenters. The van der Waals surface area contributed by atoms with E-state index in [4.69, 9.17) is 4.74 Å². The number of hydrogen-bond acceptors (Lipinski definition) is 3. The van der Waals surface area contributed by atoms with E-state index >= 15 is 0 Å². The van der Waals surface area contributed by atoms with Crippen LogP contribution in [0, 0.1) is 0 Å². The van der Waals surface area contributed by atoms with Gasteiger partial charge in [0.15, 0.2) is 0 Å². The number of carbonyl (C=O) groups is 1. The SMILES string of the molecule is C=CCOCCCC(=O)N(C)C1CCNC1.Cl. The summed E-state index contributed by atoms with van der Waals surface area (Å²) in [5, 5.41) is 3.26. The van der Waals surface area contributed by atoms with Crippen LogP contribution >= 0.6 is 12.4 Å². The number of amides is 1. The first kappa shape index (κ1) is 16.4. The quantitative estimate of drug-likeness (QED) is 0.554. The van der Waals surface area contributed by atoms with Crippen molar-refractivity contribution in [2.75, 3.05) is 33.4 Å². The van der Waals surface area contributed by atoms with Gasteiger partial charge in [0.1, 0.15) is 0 Å². The number of halogens is 1. The van der Waals surface area contributed by atoms with Gasteiger partial charge in [-0.1, -0.05) is 6.08 Å². The average molecular weight is 263 g/mol. The molecule has 0 aromatic rings. The fourth-order valence-electron chi connectivity index (χ4n) is 1.84. The summed E-state index contributed by atoms with van der Waals surface area (Å²) in [6.45, 7) is 6.71. The molecule has 0 aromatic carbocycles. The average Bonchev–Trinajstić information content (AvgIpc) is 2.81. The predicted molar refractivity (Wildman–Crippen MR) is 71.5 cm³/mol. The Morgan fingerprint density at radius 1 is 1.65 bits per heavy atom. The second kappa shape index (κ2) is 9.45. The van der Waals surface area contributed by atoms with Crippen molar-refractivity contribution in [1.82, 2.24) is 10.2 Å². The Labute approximate surface area is 110 Å². The van der Waals surface area contributed by atoms with Crippen LogP contribution < -0.4 is 5.32 Å². The van der Waals surface area contributed by atoms with E-state index in [-0.39, 0.29) is 18.3 Å². The van der Waals surface area contributed by atoms with E-state index in [1.165, 1.54) is 0 Å². The summed E-state index contributed by atoms with van der Waals surface area (Å²) in [4.78, 5) is 13.7. The first-order valence-electron chi connectivity index (χ1n) is 5.90. The lowest BCUT2D eigenvalue weighted by atomic mass is 10.2. The van der Waals surface area contributed by atoms with E-state index in [2.05, 4.69) is 11.9 Å². The van der Waals surface area contributed by atoms with Gasteiger partial charge >= 0.3 is 0 Å². The van der Waals surface area contributed by atoms with Gasteiger partial charge in [0.2, 0.25) is 5.91 Å². The maximum atomic E-state index is 11.8. The van der Waals surface area contributed by atoms with Crippen molar-refractivity contribution in [3.63, 3.8) is 0 Å². The Hall–Kier alpha value is -0.580. The number of rotatable bonds is 7. The molecule has 17 heavy (non-hydrogen) atoms. The molecule has 4 nitrogen and oxygen atoms in total. The molecule has 0 aliphatic carbocycles. The Bertz CT molecular complexity index is 231. The minimum atomic E-state index is 0. The summed E-state index contributed by atoms with van der Waals surface area (Å²) in [5.74, 6) is 0.218. The summed E-state index contributed by atoms with van der Waals surface area (Å²) in [5.41, 5.74) is 0. The van der Waals surface area contributed by atoms with Gasteiger partial charge < -0.3 is 15.0 Å². The molecule has 1 N–H and O–H groups in total. The fourth-order valence-corrected chi connectivity index (χ4v) is 1.84. The zero-order valence-electron chi connectivity index (χ0n) is 10.5. The van der Waals surface area contributed by atoms with Gasteiger partial charge in [0.25, 0.3) is 0 Å². The van der Waals surface area contributed by atoms with Gasteiger partial charge in [-0.15, -0.1) is 19.0 Å². The topological polar surface area (TPSA) is 41.6 Å². The van der Waals surface area contributed by atoms with Crippen molar-refractivity contribution >= 4 is 18.3 Å². The molecule has 0 aromatic heterocycles. The molecular weight excluding hydrogens is 240 g/mol. The standard InChI is InChI=1S/C12H22N2O2.ClH/c1-3-8-16-9-4-5-12(15)14(2)11-6-7-13-10-11;/h3,11,13H,1,4-10H2,2H3;1H. The van der Waals surface area contributed by atoms with Crippen molar-refractivity contribution in [2.45, 2.75) is 25.3 Å². The lowest BCUT2D eigenvalue weighted by Gasteiger charge is -2.23. The van der Waals surface area contributed by atoms with Crippen LogP contribution in [0.15, 0.2) is 12.7 Å². The van der Waals surface area contributed by atoms with Crippen LogP contribution in [0.25, 0.3) is 0 Å².